The predicted molar refractivity (Wildman–Crippen MR) is 129 cm³/mol. The average molecular weight is 495 g/mol. The van der Waals surface area contributed by atoms with E-state index < -0.39 is 40.3 Å². The van der Waals surface area contributed by atoms with Crippen LogP contribution in [0.2, 0.25) is 0 Å². The lowest BCUT2D eigenvalue weighted by Gasteiger charge is -2.56. The Morgan fingerprint density at radius 2 is 1.89 bits per heavy atom. The molecule has 0 saturated carbocycles. The highest BCUT2D eigenvalue weighted by atomic mass is 16.6. The van der Waals surface area contributed by atoms with Gasteiger partial charge in [0.25, 0.3) is 11.6 Å². The van der Waals surface area contributed by atoms with Gasteiger partial charge in [-0.1, -0.05) is 0 Å². The molecule has 0 aromatic heterocycles. The summed E-state index contributed by atoms with van der Waals surface area (Å²) in [5, 5.41) is 13.9. The summed E-state index contributed by atoms with van der Waals surface area (Å²) in [6.07, 6.45) is -0.860. The monoisotopic (exact) mass is 494 g/mol. The summed E-state index contributed by atoms with van der Waals surface area (Å²) in [6, 6.07) is 9.32. The van der Waals surface area contributed by atoms with Crippen LogP contribution in [0.3, 0.4) is 0 Å². The summed E-state index contributed by atoms with van der Waals surface area (Å²) < 4.78 is 11.5. The van der Waals surface area contributed by atoms with Crippen molar-refractivity contribution in [3.63, 3.8) is 0 Å². The fraction of sp³-hybridized carbons (Fsp3) is 0.400. The number of nitro benzene ring substituents is 1. The second kappa shape index (κ2) is 8.59. The minimum atomic E-state index is -1.74. The summed E-state index contributed by atoms with van der Waals surface area (Å²) in [5.74, 6) is -0.861. The van der Waals surface area contributed by atoms with Gasteiger partial charge < -0.3 is 14.4 Å². The van der Waals surface area contributed by atoms with Crippen LogP contribution >= 0.6 is 0 Å². The molecule has 188 valence electrons. The van der Waals surface area contributed by atoms with E-state index in [0.717, 1.165) is 4.90 Å². The summed E-state index contributed by atoms with van der Waals surface area (Å²) >= 11 is 0. The molecule has 11 nitrogen and oxygen atoms in total. The van der Waals surface area contributed by atoms with Gasteiger partial charge in [-0.3, -0.25) is 25.0 Å². The number of urea groups is 1. The summed E-state index contributed by atoms with van der Waals surface area (Å²) in [7, 11) is 0. The number of imide groups is 2. The number of ether oxygens (including phenoxy) is 2. The number of morpholine rings is 1. The average Bonchev–Trinajstić information content (AvgIpc) is 2.83. The first kappa shape index (κ1) is 23.7. The molecule has 2 aromatic carbocycles. The molecule has 1 spiro atoms. The van der Waals surface area contributed by atoms with E-state index >= 15 is 0 Å². The quantitative estimate of drug-likeness (QED) is 0.390. The standard InChI is InChI=1S/C25H26N4O7/c1-4-35-19-8-5-17(6-9-19)28-23(31)25(22(30)26-24(28)32)12-16-11-18(29(33)34)7-10-20(16)27-13-14(2)36-15(3)21(25)27/h5-11,14-15,21H,4,12-13H2,1-3H3,(H,26,30,32)/t14-,15-,21-,25+/m1/s1. The number of non-ortho nitro benzene ring substituents is 1. The normalized spacial score (nSPS) is 27.4. The van der Waals surface area contributed by atoms with E-state index in [-0.39, 0.29) is 23.9 Å². The van der Waals surface area contributed by atoms with Gasteiger partial charge >= 0.3 is 6.03 Å². The lowest BCUT2D eigenvalue weighted by atomic mass is 9.66. The van der Waals surface area contributed by atoms with Crippen molar-refractivity contribution in [1.29, 1.82) is 0 Å². The number of carbonyl (C=O) groups excluding carboxylic acids is 3. The van der Waals surface area contributed by atoms with Crippen LogP contribution in [0.25, 0.3) is 0 Å². The lowest BCUT2D eigenvalue weighted by molar-refractivity contribution is -0.384. The molecule has 4 amide bonds. The van der Waals surface area contributed by atoms with Crippen LogP contribution in [0.1, 0.15) is 26.3 Å². The molecule has 11 heteroatoms. The third kappa shape index (κ3) is 3.49. The molecular weight excluding hydrogens is 468 g/mol. The highest BCUT2D eigenvalue weighted by Gasteiger charge is 2.65. The molecule has 36 heavy (non-hydrogen) atoms. The van der Waals surface area contributed by atoms with Crippen molar-refractivity contribution >= 4 is 34.9 Å². The SMILES string of the molecule is CCOc1ccc(N2C(=O)NC(=O)[C@@]3(Cc4cc([N+](=O)[O-])ccc4N4C[C@@H](C)O[C@H](C)[C@@H]43)C2=O)cc1. The zero-order valence-corrected chi connectivity index (χ0v) is 20.1. The van der Waals surface area contributed by atoms with Gasteiger partial charge in [0.05, 0.1) is 35.5 Å². The summed E-state index contributed by atoms with van der Waals surface area (Å²) in [5.41, 5.74) is -0.398. The minimum absolute atomic E-state index is 0.112. The van der Waals surface area contributed by atoms with Crippen LogP contribution in [0.15, 0.2) is 42.5 Å². The highest BCUT2D eigenvalue weighted by molar-refractivity contribution is 6.30. The van der Waals surface area contributed by atoms with Crippen LogP contribution in [0.4, 0.5) is 21.9 Å². The second-order valence-electron chi connectivity index (χ2n) is 9.29. The van der Waals surface area contributed by atoms with Crippen molar-refractivity contribution in [1.82, 2.24) is 5.32 Å². The van der Waals surface area contributed by atoms with Crippen molar-refractivity contribution in [2.24, 2.45) is 5.41 Å². The van der Waals surface area contributed by atoms with Gasteiger partial charge in [-0.15, -0.1) is 0 Å². The first-order valence-corrected chi connectivity index (χ1v) is 11.8. The number of amides is 4. The molecule has 2 fully saturated rings. The number of anilines is 2. The van der Waals surface area contributed by atoms with E-state index in [2.05, 4.69) is 5.32 Å². The van der Waals surface area contributed by atoms with E-state index in [0.29, 0.717) is 30.2 Å². The maximum absolute atomic E-state index is 14.2. The van der Waals surface area contributed by atoms with Gasteiger partial charge in [0, 0.05) is 30.8 Å². The van der Waals surface area contributed by atoms with Crippen LogP contribution in [0, 0.1) is 15.5 Å². The summed E-state index contributed by atoms with van der Waals surface area (Å²) in [6.45, 7) is 6.36. The molecule has 0 unspecified atom stereocenters. The Morgan fingerprint density at radius 1 is 1.17 bits per heavy atom. The highest BCUT2D eigenvalue weighted by Crippen LogP contribution is 2.49. The number of benzene rings is 2. The maximum Gasteiger partial charge on any atom is 0.335 e. The molecule has 0 bridgehead atoms. The molecular formula is C25H26N4O7. The van der Waals surface area contributed by atoms with E-state index in [1.807, 2.05) is 18.7 Å². The Morgan fingerprint density at radius 3 is 2.56 bits per heavy atom. The van der Waals surface area contributed by atoms with Crippen molar-refractivity contribution in [2.75, 3.05) is 23.0 Å². The van der Waals surface area contributed by atoms with Crippen LogP contribution < -0.4 is 19.9 Å². The van der Waals surface area contributed by atoms with E-state index in [1.54, 1.807) is 37.3 Å². The van der Waals surface area contributed by atoms with Gasteiger partial charge in [-0.05, 0) is 56.7 Å². The molecule has 0 aliphatic carbocycles. The molecule has 1 N–H and O–H groups in total. The molecule has 2 aromatic rings. The van der Waals surface area contributed by atoms with Crippen molar-refractivity contribution in [3.05, 3.63) is 58.1 Å². The lowest BCUT2D eigenvalue weighted by Crippen LogP contribution is -2.76. The molecule has 3 aliphatic rings. The smallest absolute Gasteiger partial charge is 0.335 e. The van der Waals surface area contributed by atoms with Gasteiger partial charge in [0.1, 0.15) is 5.75 Å². The Balaban J connectivity index is 1.65. The topological polar surface area (TPSA) is 131 Å². The van der Waals surface area contributed by atoms with Gasteiger partial charge in [-0.2, -0.15) is 0 Å². The zero-order valence-electron chi connectivity index (χ0n) is 20.1. The second-order valence-corrected chi connectivity index (χ2v) is 9.29. The summed E-state index contributed by atoms with van der Waals surface area (Å²) in [4.78, 5) is 54.6. The Hall–Kier alpha value is -3.99. The first-order valence-electron chi connectivity index (χ1n) is 11.8. The van der Waals surface area contributed by atoms with Crippen LogP contribution in [-0.2, 0) is 20.7 Å². The molecule has 2 saturated heterocycles. The third-order valence-electron chi connectivity index (χ3n) is 7.06. The molecule has 5 rings (SSSR count). The third-order valence-corrected chi connectivity index (χ3v) is 7.06. The van der Waals surface area contributed by atoms with Crippen molar-refractivity contribution in [2.45, 2.75) is 45.4 Å². The minimum Gasteiger partial charge on any atom is -0.494 e. The van der Waals surface area contributed by atoms with Crippen LogP contribution in [-0.4, -0.2) is 54.2 Å². The number of barbiturate groups is 1. The fourth-order valence-electron chi connectivity index (χ4n) is 5.72. The molecule has 4 atom stereocenters. The Labute approximate surface area is 207 Å². The molecule has 3 heterocycles. The number of hydrogen-bond donors (Lipinski definition) is 1. The van der Waals surface area contributed by atoms with Crippen LogP contribution in [0.5, 0.6) is 5.75 Å². The van der Waals surface area contributed by atoms with Crippen molar-refractivity contribution in [3.8, 4) is 5.75 Å². The maximum atomic E-state index is 14.2. The number of carbonyl (C=O) groups is 3. The van der Waals surface area contributed by atoms with E-state index in [9.17, 15) is 24.5 Å². The first-order chi connectivity index (χ1) is 17.2. The van der Waals surface area contributed by atoms with Gasteiger partial charge in [-0.25, -0.2) is 9.69 Å². The largest absolute Gasteiger partial charge is 0.494 e. The zero-order chi connectivity index (χ0) is 25.8. The Kier molecular flexibility index (Phi) is 5.67. The number of nitro groups is 1. The van der Waals surface area contributed by atoms with Crippen molar-refractivity contribution < 1.29 is 28.8 Å². The number of fused-ring (bicyclic) bond motifs is 4. The fourth-order valence-corrected chi connectivity index (χ4v) is 5.72. The van der Waals surface area contributed by atoms with Gasteiger partial charge in [0.2, 0.25) is 5.91 Å². The Bertz CT molecular complexity index is 1260. The predicted octanol–water partition coefficient (Wildman–Crippen LogP) is 2.80. The molecule has 3 aliphatic heterocycles. The number of hydrogen-bond acceptors (Lipinski definition) is 8. The molecule has 0 radical (unpaired) electrons. The van der Waals surface area contributed by atoms with Gasteiger partial charge in [0.15, 0.2) is 5.41 Å². The van der Waals surface area contributed by atoms with E-state index in [1.165, 1.54) is 12.1 Å². The number of nitrogens with one attached hydrogen (secondary N) is 1. The number of nitrogens with zero attached hydrogens (tertiary/aromatic N) is 3. The van der Waals surface area contributed by atoms with E-state index in [4.69, 9.17) is 9.47 Å². The number of rotatable bonds is 4.